The third-order valence-electron chi connectivity index (χ3n) is 6.77. The fourth-order valence-corrected chi connectivity index (χ4v) is 6.26. The van der Waals surface area contributed by atoms with E-state index in [2.05, 4.69) is 50.4 Å². The summed E-state index contributed by atoms with van der Waals surface area (Å²) in [5.41, 5.74) is 2.29. The Hall–Kier alpha value is -2.51. The van der Waals surface area contributed by atoms with E-state index >= 15 is 0 Å². The number of likely N-dealkylation sites (tertiary alicyclic amines) is 1. The number of benzene rings is 1. The first-order valence-corrected chi connectivity index (χ1v) is 12.6. The van der Waals surface area contributed by atoms with E-state index in [1.54, 1.807) is 18.4 Å². The maximum absolute atomic E-state index is 12.6. The van der Waals surface area contributed by atoms with Crippen molar-refractivity contribution in [1.82, 2.24) is 20.2 Å². The summed E-state index contributed by atoms with van der Waals surface area (Å²) in [6, 6.07) is 10.9. The SMILES string of the molecule is CNC(=O)c1sc2ccccc2c1C[C@@H]1CCCCN1Cc1ccnc(N2CCCC2)n1. The van der Waals surface area contributed by atoms with E-state index in [1.165, 1.54) is 41.3 Å². The number of hydrogen-bond acceptors (Lipinski definition) is 6. The highest BCUT2D eigenvalue weighted by molar-refractivity contribution is 7.21. The van der Waals surface area contributed by atoms with Crippen LogP contribution in [-0.2, 0) is 13.0 Å². The monoisotopic (exact) mass is 449 g/mol. The minimum atomic E-state index is 0.0228. The smallest absolute Gasteiger partial charge is 0.261 e. The van der Waals surface area contributed by atoms with Crippen LogP contribution in [0.15, 0.2) is 36.5 Å². The van der Waals surface area contributed by atoms with Crippen molar-refractivity contribution in [2.75, 3.05) is 31.6 Å². The molecule has 1 amide bonds. The van der Waals surface area contributed by atoms with Gasteiger partial charge in [0.15, 0.2) is 0 Å². The van der Waals surface area contributed by atoms with Crippen LogP contribution in [0.2, 0.25) is 0 Å². The standard InChI is InChI=1S/C25H31N5OS/c1-26-24(31)23-21(20-9-2-3-10-22(20)32-23)16-19-8-4-5-15-30(19)17-18-11-12-27-25(28-18)29-13-6-7-14-29/h2-3,9-12,19H,4-8,13-17H2,1H3,(H,26,31)/t19-/m0/s1. The van der Waals surface area contributed by atoms with Gasteiger partial charge in [-0.1, -0.05) is 24.6 Å². The van der Waals surface area contributed by atoms with Crippen molar-refractivity contribution in [3.05, 3.63) is 52.7 Å². The molecule has 0 bridgehead atoms. The summed E-state index contributed by atoms with van der Waals surface area (Å²) < 4.78 is 1.19. The Kier molecular flexibility index (Phi) is 6.37. The third kappa shape index (κ3) is 4.36. The number of piperidine rings is 1. The molecule has 168 valence electrons. The molecule has 1 atom stereocenters. The summed E-state index contributed by atoms with van der Waals surface area (Å²) in [5.74, 6) is 0.897. The number of fused-ring (bicyclic) bond motifs is 1. The van der Waals surface area contributed by atoms with Crippen LogP contribution >= 0.6 is 11.3 Å². The number of anilines is 1. The van der Waals surface area contributed by atoms with Crippen molar-refractivity contribution >= 4 is 33.3 Å². The molecule has 4 heterocycles. The number of nitrogens with one attached hydrogen (secondary N) is 1. The zero-order chi connectivity index (χ0) is 21.9. The summed E-state index contributed by atoms with van der Waals surface area (Å²) in [5, 5.41) is 4.06. The number of thiophene rings is 1. The second kappa shape index (κ2) is 9.55. The van der Waals surface area contributed by atoms with E-state index in [0.717, 1.165) is 55.5 Å². The van der Waals surface area contributed by atoms with Gasteiger partial charge in [0.25, 0.3) is 5.91 Å². The number of nitrogens with zero attached hydrogens (tertiary/aromatic N) is 4. The van der Waals surface area contributed by atoms with Crippen LogP contribution in [0.5, 0.6) is 0 Å². The molecule has 7 heteroatoms. The van der Waals surface area contributed by atoms with Gasteiger partial charge in [0.05, 0.1) is 10.6 Å². The summed E-state index contributed by atoms with van der Waals surface area (Å²) >= 11 is 1.61. The van der Waals surface area contributed by atoms with Gasteiger partial charge in [0.1, 0.15) is 0 Å². The van der Waals surface area contributed by atoms with Crippen LogP contribution in [0.1, 0.15) is 53.0 Å². The lowest BCUT2D eigenvalue weighted by atomic mass is 9.93. The Balaban J connectivity index is 1.39. The Morgan fingerprint density at radius 2 is 1.94 bits per heavy atom. The van der Waals surface area contributed by atoms with Crippen molar-refractivity contribution in [3.8, 4) is 0 Å². The molecule has 2 aromatic heterocycles. The van der Waals surface area contributed by atoms with Crippen molar-refractivity contribution in [2.45, 2.75) is 51.1 Å². The van der Waals surface area contributed by atoms with Crippen molar-refractivity contribution in [2.24, 2.45) is 0 Å². The molecule has 1 aromatic carbocycles. The molecule has 2 aliphatic rings. The van der Waals surface area contributed by atoms with E-state index in [0.29, 0.717) is 6.04 Å². The van der Waals surface area contributed by atoms with Gasteiger partial charge >= 0.3 is 0 Å². The number of hydrogen-bond donors (Lipinski definition) is 1. The lowest BCUT2D eigenvalue weighted by Gasteiger charge is -2.36. The predicted molar refractivity (Wildman–Crippen MR) is 130 cm³/mol. The molecular weight excluding hydrogens is 418 g/mol. The summed E-state index contributed by atoms with van der Waals surface area (Å²) in [4.78, 5) is 27.8. The molecule has 2 saturated heterocycles. The van der Waals surface area contributed by atoms with Crippen LogP contribution in [0.4, 0.5) is 5.95 Å². The summed E-state index contributed by atoms with van der Waals surface area (Å²) in [6.45, 7) is 4.03. The fraction of sp³-hybridized carbons (Fsp3) is 0.480. The highest BCUT2D eigenvalue weighted by Crippen LogP contribution is 2.34. The summed E-state index contributed by atoms with van der Waals surface area (Å²) in [7, 11) is 1.72. The Labute approximate surface area is 193 Å². The van der Waals surface area contributed by atoms with Crippen LogP contribution in [0.3, 0.4) is 0 Å². The van der Waals surface area contributed by atoms with Gasteiger partial charge in [-0.05, 0) is 61.7 Å². The largest absolute Gasteiger partial charge is 0.354 e. The number of rotatable bonds is 6. The van der Waals surface area contributed by atoms with Gasteiger partial charge in [-0.3, -0.25) is 9.69 Å². The van der Waals surface area contributed by atoms with Crippen molar-refractivity contribution in [1.29, 1.82) is 0 Å². The molecule has 0 unspecified atom stereocenters. The average molecular weight is 450 g/mol. The molecule has 0 spiro atoms. The fourth-order valence-electron chi connectivity index (χ4n) is 5.08. The molecule has 0 saturated carbocycles. The zero-order valence-electron chi connectivity index (χ0n) is 18.7. The van der Waals surface area contributed by atoms with E-state index in [4.69, 9.17) is 4.98 Å². The van der Waals surface area contributed by atoms with Gasteiger partial charge in [0, 0.05) is 43.6 Å². The highest BCUT2D eigenvalue weighted by atomic mass is 32.1. The minimum absolute atomic E-state index is 0.0228. The molecule has 3 aromatic rings. The second-order valence-corrected chi connectivity index (χ2v) is 9.90. The molecule has 0 radical (unpaired) electrons. The van der Waals surface area contributed by atoms with Gasteiger partial charge in [-0.25, -0.2) is 9.97 Å². The molecule has 0 aliphatic carbocycles. The van der Waals surface area contributed by atoms with E-state index in [9.17, 15) is 4.79 Å². The number of aromatic nitrogens is 2. The van der Waals surface area contributed by atoms with Gasteiger partial charge < -0.3 is 10.2 Å². The Morgan fingerprint density at radius 1 is 1.12 bits per heavy atom. The molecule has 1 N–H and O–H groups in total. The molecule has 2 aliphatic heterocycles. The Bertz CT molecular complexity index is 1090. The second-order valence-electron chi connectivity index (χ2n) is 8.85. The number of carbonyl (C=O) groups is 1. The van der Waals surface area contributed by atoms with E-state index in [1.807, 2.05) is 6.20 Å². The first kappa shape index (κ1) is 21.3. The molecule has 5 rings (SSSR count). The molecular formula is C25H31N5OS. The highest BCUT2D eigenvalue weighted by Gasteiger charge is 2.27. The Morgan fingerprint density at radius 3 is 2.78 bits per heavy atom. The first-order valence-electron chi connectivity index (χ1n) is 11.8. The normalized spacial score (nSPS) is 19.5. The molecule has 2 fully saturated rings. The number of carbonyl (C=O) groups excluding carboxylic acids is 1. The lowest BCUT2D eigenvalue weighted by molar-refractivity contribution is 0.0964. The topological polar surface area (TPSA) is 61.4 Å². The third-order valence-corrected chi connectivity index (χ3v) is 7.99. The van der Waals surface area contributed by atoms with Crippen LogP contribution < -0.4 is 10.2 Å². The molecule has 32 heavy (non-hydrogen) atoms. The van der Waals surface area contributed by atoms with Crippen LogP contribution in [0, 0.1) is 0 Å². The maximum atomic E-state index is 12.6. The quantitative estimate of drug-likeness (QED) is 0.610. The van der Waals surface area contributed by atoms with Gasteiger partial charge in [0.2, 0.25) is 5.95 Å². The van der Waals surface area contributed by atoms with Crippen molar-refractivity contribution < 1.29 is 4.79 Å². The minimum Gasteiger partial charge on any atom is -0.354 e. The van der Waals surface area contributed by atoms with E-state index in [-0.39, 0.29) is 5.91 Å². The zero-order valence-corrected chi connectivity index (χ0v) is 19.5. The first-order chi connectivity index (χ1) is 15.7. The predicted octanol–water partition coefficient (Wildman–Crippen LogP) is 4.25. The van der Waals surface area contributed by atoms with Gasteiger partial charge in [-0.2, -0.15) is 0 Å². The lowest BCUT2D eigenvalue weighted by Crippen LogP contribution is -2.40. The van der Waals surface area contributed by atoms with Gasteiger partial charge in [-0.15, -0.1) is 11.3 Å². The van der Waals surface area contributed by atoms with Crippen molar-refractivity contribution in [3.63, 3.8) is 0 Å². The average Bonchev–Trinajstić information content (AvgIpc) is 3.49. The maximum Gasteiger partial charge on any atom is 0.261 e. The summed E-state index contributed by atoms with van der Waals surface area (Å²) in [6.07, 6.45) is 8.87. The van der Waals surface area contributed by atoms with Crippen LogP contribution in [0.25, 0.3) is 10.1 Å². The number of amides is 1. The van der Waals surface area contributed by atoms with E-state index < -0.39 is 0 Å². The molecule has 6 nitrogen and oxygen atoms in total. The van der Waals surface area contributed by atoms with Crippen LogP contribution in [-0.4, -0.2) is 53.5 Å².